The number of carbonyl (C=O) groups excluding carboxylic acids is 1. The van der Waals surface area contributed by atoms with Crippen LogP contribution < -0.4 is 0 Å². The van der Waals surface area contributed by atoms with Gasteiger partial charge in [-0.15, -0.1) is 0 Å². The zero-order valence-electron chi connectivity index (χ0n) is 10.8. The minimum absolute atomic E-state index is 0.317. The molecule has 3 unspecified atom stereocenters. The summed E-state index contributed by atoms with van der Waals surface area (Å²) in [4.78, 5) is 11.2. The average molecular weight is 244 g/mol. The van der Waals surface area contributed by atoms with Gasteiger partial charge in [0.25, 0.3) is 0 Å². The first-order chi connectivity index (χ1) is 7.86. The Balaban J connectivity index is 3.94. The van der Waals surface area contributed by atoms with Crippen LogP contribution in [0.1, 0.15) is 27.7 Å². The van der Waals surface area contributed by atoms with Crippen LogP contribution in [0.5, 0.6) is 0 Å². The maximum Gasteiger partial charge on any atom is 0.335 e. The van der Waals surface area contributed by atoms with Gasteiger partial charge in [0.15, 0.2) is 12.6 Å². The van der Waals surface area contributed by atoms with Crippen molar-refractivity contribution < 1.29 is 23.7 Å². The Morgan fingerprint density at radius 2 is 1.65 bits per heavy atom. The van der Waals surface area contributed by atoms with Gasteiger partial charge in [-0.1, -0.05) is 13.2 Å². The fourth-order valence-corrected chi connectivity index (χ4v) is 1.02. The van der Waals surface area contributed by atoms with E-state index in [2.05, 4.69) is 13.2 Å². The molecule has 0 aromatic carbocycles. The van der Waals surface area contributed by atoms with Crippen LogP contribution in [0.2, 0.25) is 0 Å². The quantitative estimate of drug-likeness (QED) is 0.284. The van der Waals surface area contributed by atoms with Gasteiger partial charge in [0.2, 0.25) is 6.29 Å². The molecule has 0 heterocycles. The second-order valence-corrected chi connectivity index (χ2v) is 3.46. The topological polar surface area (TPSA) is 54.0 Å². The van der Waals surface area contributed by atoms with Gasteiger partial charge in [0.05, 0.1) is 6.26 Å². The van der Waals surface area contributed by atoms with Crippen molar-refractivity contribution in [2.75, 3.05) is 0 Å². The van der Waals surface area contributed by atoms with Gasteiger partial charge < -0.3 is 18.9 Å². The third kappa shape index (κ3) is 7.54. The third-order valence-corrected chi connectivity index (χ3v) is 1.68. The van der Waals surface area contributed by atoms with E-state index in [4.69, 9.17) is 18.9 Å². The molecular weight excluding hydrogens is 224 g/mol. The zero-order chi connectivity index (χ0) is 13.4. The molecule has 98 valence electrons. The lowest BCUT2D eigenvalue weighted by Gasteiger charge is -2.22. The molecule has 0 radical (unpaired) electrons. The third-order valence-electron chi connectivity index (χ3n) is 1.68. The van der Waals surface area contributed by atoms with E-state index >= 15 is 0 Å². The standard InChI is InChI=1S/C12H20O5/c1-7-14-9(4)15-10(5)16-11(6)17-12(13)8(2)3/h7,9-11H,1-2H2,3-6H3. The molecule has 0 aromatic heterocycles. The van der Waals surface area contributed by atoms with Crippen LogP contribution in [0.4, 0.5) is 0 Å². The van der Waals surface area contributed by atoms with Crippen LogP contribution in [-0.4, -0.2) is 24.8 Å². The van der Waals surface area contributed by atoms with Gasteiger partial charge in [-0.05, 0) is 27.7 Å². The van der Waals surface area contributed by atoms with Gasteiger partial charge in [-0.2, -0.15) is 0 Å². The lowest BCUT2D eigenvalue weighted by molar-refractivity contribution is -0.265. The minimum atomic E-state index is -0.717. The first-order valence-corrected chi connectivity index (χ1v) is 5.30. The number of carbonyl (C=O) groups is 1. The van der Waals surface area contributed by atoms with Crippen molar-refractivity contribution in [3.8, 4) is 0 Å². The summed E-state index contributed by atoms with van der Waals surface area (Å²) in [5.74, 6) is -0.500. The summed E-state index contributed by atoms with van der Waals surface area (Å²) >= 11 is 0. The summed E-state index contributed by atoms with van der Waals surface area (Å²) in [5.41, 5.74) is 0.317. The molecule has 3 atom stereocenters. The fraction of sp³-hybridized carbons (Fsp3) is 0.583. The number of ether oxygens (including phenoxy) is 4. The molecule has 0 N–H and O–H groups in total. The van der Waals surface area contributed by atoms with Crippen molar-refractivity contribution in [2.45, 2.75) is 46.6 Å². The van der Waals surface area contributed by atoms with Crippen LogP contribution in [0.25, 0.3) is 0 Å². The average Bonchev–Trinajstić information content (AvgIpc) is 2.16. The Kier molecular flexibility index (Phi) is 7.25. The summed E-state index contributed by atoms with van der Waals surface area (Å²) in [6, 6.07) is 0. The summed E-state index contributed by atoms with van der Waals surface area (Å²) in [6.07, 6.45) is -0.489. The molecule has 0 aliphatic carbocycles. The molecule has 0 fully saturated rings. The SMILES string of the molecule is C=COC(C)OC(C)OC(C)OC(=O)C(=C)C. The highest BCUT2D eigenvalue weighted by Gasteiger charge is 2.15. The van der Waals surface area contributed by atoms with Gasteiger partial charge in [-0.25, -0.2) is 4.79 Å². The summed E-state index contributed by atoms with van der Waals surface area (Å²) in [7, 11) is 0. The highest BCUT2D eigenvalue weighted by Crippen LogP contribution is 2.07. The molecule has 0 rings (SSSR count). The summed E-state index contributed by atoms with van der Waals surface area (Å²) < 4.78 is 20.4. The molecule has 17 heavy (non-hydrogen) atoms. The number of esters is 1. The van der Waals surface area contributed by atoms with Gasteiger partial charge in [0.1, 0.15) is 0 Å². The van der Waals surface area contributed by atoms with Crippen molar-refractivity contribution in [2.24, 2.45) is 0 Å². The molecule has 0 saturated heterocycles. The predicted octanol–water partition coefficient (Wildman–Crippen LogP) is 2.34. The molecule has 5 heteroatoms. The van der Waals surface area contributed by atoms with Crippen LogP contribution >= 0.6 is 0 Å². The molecule has 5 nitrogen and oxygen atoms in total. The van der Waals surface area contributed by atoms with Crippen molar-refractivity contribution >= 4 is 5.97 Å². The summed E-state index contributed by atoms with van der Waals surface area (Å²) in [6.45, 7) is 13.4. The highest BCUT2D eigenvalue weighted by atomic mass is 16.8. The predicted molar refractivity (Wildman–Crippen MR) is 62.7 cm³/mol. The first kappa shape index (κ1) is 15.7. The smallest absolute Gasteiger partial charge is 0.335 e. The highest BCUT2D eigenvalue weighted by molar-refractivity contribution is 5.86. The Hall–Kier alpha value is -1.33. The minimum Gasteiger partial charge on any atom is -0.473 e. The van der Waals surface area contributed by atoms with Crippen LogP contribution in [0.15, 0.2) is 25.0 Å². The molecule has 0 bridgehead atoms. The lowest BCUT2D eigenvalue weighted by Crippen LogP contribution is -2.27. The van der Waals surface area contributed by atoms with E-state index in [9.17, 15) is 4.79 Å². The molecule has 0 aromatic rings. The van der Waals surface area contributed by atoms with Gasteiger partial charge in [0, 0.05) is 5.57 Å². The van der Waals surface area contributed by atoms with Crippen molar-refractivity contribution in [3.05, 3.63) is 25.0 Å². The van der Waals surface area contributed by atoms with Gasteiger partial charge in [-0.3, -0.25) is 0 Å². The number of hydrogen-bond acceptors (Lipinski definition) is 5. The van der Waals surface area contributed by atoms with Crippen molar-refractivity contribution in [3.63, 3.8) is 0 Å². The maximum absolute atomic E-state index is 11.2. The Labute approximate surface area is 102 Å². The normalized spacial score (nSPS) is 15.5. The molecule has 0 aliphatic rings. The van der Waals surface area contributed by atoms with E-state index in [0.29, 0.717) is 5.57 Å². The molecular formula is C12H20O5. The van der Waals surface area contributed by atoms with Crippen LogP contribution in [-0.2, 0) is 23.7 Å². The first-order valence-electron chi connectivity index (χ1n) is 5.30. The second-order valence-electron chi connectivity index (χ2n) is 3.46. The maximum atomic E-state index is 11.2. The largest absolute Gasteiger partial charge is 0.473 e. The van der Waals surface area contributed by atoms with Crippen LogP contribution in [0, 0.1) is 0 Å². The Bertz CT molecular complexity index is 274. The van der Waals surface area contributed by atoms with Crippen molar-refractivity contribution in [1.82, 2.24) is 0 Å². The Morgan fingerprint density at radius 1 is 1.12 bits per heavy atom. The van der Waals surface area contributed by atoms with E-state index in [-0.39, 0.29) is 0 Å². The van der Waals surface area contributed by atoms with Gasteiger partial charge >= 0.3 is 5.97 Å². The Morgan fingerprint density at radius 3 is 2.12 bits per heavy atom. The molecule has 0 aliphatic heterocycles. The van der Waals surface area contributed by atoms with E-state index < -0.39 is 24.8 Å². The summed E-state index contributed by atoms with van der Waals surface area (Å²) in [5, 5.41) is 0. The number of hydrogen-bond donors (Lipinski definition) is 0. The molecule has 0 spiro atoms. The van der Waals surface area contributed by atoms with Crippen LogP contribution in [0.3, 0.4) is 0 Å². The number of rotatable bonds is 8. The second kappa shape index (κ2) is 7.86. The van der Waals surface area contributed by atoms with E-state index in [1.54, 1.807) is 27.7 Å². The van der Waals surface area contributed by atoms with E-state index in [1.165, 1.54) is 6.26 Å². The van der Waals surface area contributed by atoms with E-state index in [0.717, 1.165) is 0 Å². The fourth-order valence-electron chi connectivity index (χ4n) is 1.02. The zero-order valence-corrected chi connectivity index (χ0v) is 10.8. The van der Waals surface area contributed by atoms with E-state index in [1.807, 2.05) is 0 Å². The monoisotopic (exact) mass is 244 g/mol. The molecule has 0 amide bonds. The molecule has 0 saturated carbocycles. The lowest BCUT2D eigenvalue weighted by atomic mass is 10.4. The van der Waals surface area contributed by atoms with Crippen molar-refractivity contribution in [1.29, 1.82) is 0 Å².